The fraction of sp³-hybridized carbons (Fsp3) is 0.545. The van der Waals surface area contributed by atoms with Gasteiger partial charge in [0.2, 0.25) is 0 Å². The molecule has 3 heterocycles. The SMILES string of the molecule is Cc1cccc2c3c([nH]c12)CCN(C(=O)[C@@]12CC[C@@](C)(C(=O)O1)C2(C)C)C3. The van der Waals surface area contributed by atoms with Gasteiger partial charge in [-0.2, -0.15) is 0 Å². The number of para-hydroxylation sites is 1. The molecule has 0 spiro atoms. The van der Waals surface area contributed by atoms with Crippen LogP contribution in [0.1, 0.15) is 50.4 Å². The van der Waals surface area contributed by atoms with Gasteiger partial charge in [-0.25, -0.2) is 0 Å². The van der Waals surface area contributed by atoms with Crippen molar-refractivity contribution in [3.05, 3.63) is 35.0 Å². The smallest absolute Gasteiger partial charge is 0.313 e. The molecule has 5 heteroatoms. The Bertz CT molecular complexity index is 1000. The first-order valence-corrected chi connectivity index (χ1v) is 9.83. The number of amides is 1. The molecule has 3 aliphatic rings. The van der Waals surface area contributed by atoms with Crippen molar-refractivity contribution in [1.82, 2.24) is 9.88 Å². The second kappa shape index (κ2) is 4.94. The van der Waals surface area contributed by atoms with Gasteiger partial charge in [0.15, 0.2) is 5.60 Å². The number of H-pyrrole nitrogens is 1. The van der Waals surface area contributed by atoms with Gasteiger partial charge >= 0.3 is 5.97 Å². The van der Waals surface area contributed by atoms with E-state index in [1.165, 1.54) is 22.2 Å². The zero-order chi connectivity index (χ0) is 19.2. The number of aromatic nitrogens is 1. The van der Waals surface area contributed by atoms with Crippen LogP contribution in [-0.2, 0) is 27.3 Å². The van der Waals surface area contributed by atoms with E-state index in [2.05, 4.69) is 30.1 Å². The van der Waals surface area contributed by atoms with Crippen LogP contribution in [0.4, 0.5) is 0 Å². The summed E-state index contributed by atoms with van der Waals surface area (Å²) >= 11 is 0. The number of benzene rings is 1. The van der Waals surface area contributed by atoms with Crippen molar-refractivity contribution >= 4 is 22.8 Å². The third-order valence-corrected chi connectivity index (χ3v) is 7.94. The minimum absolute atomic E-state index is 0.0188. The molecule has 1 saturated carbocycles. The van der Waals surface area contributed by atoms with Crippen LogP contribution in [0, 0.1) is 17.8 Å². The molecule has 1 aromatic carbocycles. The van der Waals surface area contributed by atoms with E-state index in [1.54, 1.807) is 0 Å². The number of carbonyl (C=O) groups is 2. The Balaban J connectivity index is 1.53. The molecule has 1 amide bonds. The van der Waals surface area contributed by atoms with Gasteiger partial charge in [-0.1, -0.05) is 32.0 Å². The summed E-state index contributed by atoms with van der Waals surface area (Å²) in [6.45, 7) is 9.33. The maximum atomic E-state index is 13.7. The van der Waals surface area contributed by atoms with Crippen LogP contribution >= 0.6 is 0 Å². The van der Waals surface area contributed by atoms with E-state index in [0.717, 1.165) is 18.4 Å². The predicted molar refractivity (Wildman–Crippen MR) is 102 cm³/mol. The van der Waals surface area contributed by atoms with Crippen LogP contribution in [-0.4, -0.2) is 33.9 Å². The molecule has 0 radical (unpaired) electrons. The fourth-order valence-electron chi connectivity index (χ4n) is 5.53. The average Bonchev–Trinajstić information content (AvgIpc) is 3.16. The monoisotopic (exact) mass is 366 g/mol. The Labute approximate surface area is 159 Å². The van der Waals surface area contributed by atoms with Gasteiger partial charge in [-0.15, -0.1) is 0 Å². The van der Waals surface area contributed by atoms with Gasteiger partial charge in [0, 0.05) is 47.1 Å². The zero-order valence-electron chi connectivity index (χ0n) is 16.4. The summed E-state index contributed by atoms with van der Waals surface area (Å²) in [5.41, 5.74) is 2.73. The Kier molecular flexibility index (Phi) is 3.08. The highest BCUT2D eigenvalue weighted by molar-refractivity contribution is 5.97. The van der Waals surface area contributed by atoms with Crippen molar-refractivity contribution in [3.63, 3.8) is 0 Å². The number of fused-ring (bicyclic) bond motifs is 5. The van der Waals surface area contributed by atoms with Crippen molar-refractivity contribution in [2.75, 3.05) is 6.54 Å². The van der Waals surface area contributed by atoms with Gasteiger partial charge in [0.25, 0.3) is 5.91 Å². The summed E-state index contributed by atoms with van der Waals surface area (Å²) in [5, 5.41) is 1.19. The van der Waals surface area contributed by atoms with E-state index in [0.29, 0.717) is 19.5 Å². The number of ether oxygens (including phenoxy) is 1. The lowest BCUT2D eigenvalue weighted by Gasteiger charge is -2.40. The average molecular weight is 366 g/mol. The molecule has 27 heavy (non-hydrogen) atoms. The van der Waals surface area contributed by atoms with E-state index < -0.39 is 16.4 Å². The summed E-state index contributed by atoms with van der Waals surface area (Å²) in [6, 6.07) is 6.29. The molecule has 1 aromatic heterocycles. The molecule has 5 nitrogen and oxygen atoms in total. The molecule has 0 unspecified atom stereocenters. The Morgan fingerprint density at radius 3 is 2.67 bits per heavy atom. The second-order valence-electron chi connectivity index (χ2n) is 9.23. The highest BCUT2D eigenvalue weighted by atomic mass is 16.6. The normalized spacial score (nSPS) is 31.3. The predicted octanol–water partition coefficient (Wildman–Crippen LogP) is 3.48. The Hall–Kier alpha value is -2.30. The quantitative estimate of drug-likeness (QED) is 0.786. The minimum Gasteiger partial charge on any atom is -0.448 e. The van der Waals surface area contributed by atoms with E-state index >= 15 is 0 Å². The standard InChI is InChI=1S/C22H26N2O3/c1-13-6-5-7-14-15-12-24(11-8-16(15)23-17(13)14)18(25)22-10-9-21(4,19(26)27-22)20(22,2)3/h5-7,23H,8-12H2,1-4H3/t21-,22+/m0/s1. The second-order valence-corrected chi connectivity index (χ2v) is 9.23. The lowest BCUT2D eigenvalue weighted by molar-refractivity contribution is -0.174. The molecule has 5 rings (SSSR count). The Morgan fingerprint density at radius 1 is 1.22 bits per heavy atom. The molecule has 2 aromatic rings. The lowest BCUT2D eigenvalue weighted by atomic mass is 9.66. The number of hydrogen-bond donors (Lipinski definition) is 1. The van der Waals surface area contributed by atoms with Gasteiger partial charge in [-0.3, -0.25) is 9.59 Å². The summed E-state index contributed by atoms with van der Waals surface area (Å²) in [5.74, 6) is -0.234. The maximum Gasteiger partial charge on any atom is 0.313 e. The molecule has 1 N–H and O–H groups in total. The maximum absolute atomic E-state index is 13.7. The van der Waals surface area contributed by atoms with E-state index in [9.17, 15) is 9.59 Å². The van der Waals surface area contributed by atoms with Crippen molar-refractivity contribution in [1.29, 1.82) is 0 Å². The van der Waals surface area contributed by atoms with Gasteiger partial charge < -0.3 is 14.6 Å². The molecular weight excluding hydrogens is 340 g/mol. The van der Waals surface area contributed by atoms with Crippen molar-refractivity contribution in [2.24, 2.45) is 10.8 Å². The molecule has 1 saturated heterocycles. The number of nitrogens with one attached hydrogen (secondary N) is 1. The lowest BCUT2D eigenvalue weighted by Crippen LogP contribution is -2.55. The summed E-state index contributed by atoms with van der Waals surface area (Å²) < 4.78 is 5.82. The number of nitrogens with zero attached hydrogens (tertiary/aromatic N) is 1. The first kappa shape index (κ1) is 16.8. The largest absolute Gasteiger partial charge is 0.448 e. The van der Waals surface area contributed by atoms with Crippen LogP contribution in [0.5, 0.6) is 0 Å². The molecular formula is C22H26N2O3. The molecule has 2 aliphatic heterocycles. The van der Waals surface area contributed by atoms with Crippen molar-refractivity contribution in [3.8, 4) is 0 Å². The molecule has 1 aliphatic carbocycles. The van der Waals surface area contributed by atoms with Crippen molar-refractivity contribution < 1.29 is 14.3 Å². The van der Waals surface area contributed by atoms with Gasteiger partial charge in [-0.05, 0) is 32.3 Å². The number of rotatable bonds is 1. The van der Waals surface area contributed by atoms with Crippen LogP contribution < -0.4 is 0 Å². The first-order chi connectivity index (χ1) is 12.7. The summed E-state index contributed by atoms with van der Waals surface area (Å²) in [4.78, 5) is 31.7. The highest BCUT2D eigenvalue weighted by Crippen LogP contribution is 2.66. The molecule has 2 fully saturated rings. The van der Waals surface area contributed by atoms with E-state index in [4.69, 9.17) is 4.74 Å². The number of esters is 1. The number of carbonyl (C=O) groups excluding carboxylic acids is 2. The van der Waals surface area contributed by atoms with Crippen molar-refractivity contribution in [2.45, 2.75) is 59.1 Å². The zero-order valence-corrected chi connectivity index (χ0v) is 16.4. The highest BCUT2D eigenvalue weighted by Gasteiger charge is 2.76. The Morgan fingerprint density at radius 2 is 2.00 bits per heavy atom. The summed E-state index contributed by atoms with van der Waals surface area (Å²) in [6.07, 6.45) is 2.14. The first-order valence-electron chi connectivity index (χ1n) is 9.83. The van der Waals surface area contributed by atoms with E-state index in [-0.39, 0.29) is 11.9 Å². The van der Waals surface area contributed by atoms with Crippen LogP contribution in [0.25, 0.3) is 10.9 Å². The molecule has 2 bridgehead atoms. The third kappa shape index (κ3) is 1.80. The molecule has 142 valence electrons. The topological polar surface area (TPSA) is 62.4 Å². The van der Waals surface area contributed by atoms with Gasteiger partial charge in [0.05, 0.1) is 5.41 Å². The number of aromatic amines is 1. The minimum atomic E-state index is -1.02. The van der Waals surface area contributed by atoms with Crippen LogP contribution in [0.15, 0.2) is 18.2 Å². The summed E-state index contributed by atoms with van der Waals surface area (Å²) in [7, 11) is 0. The number of aryl methyl sites for hydroxylation is 1. The fourth-order valence-corrected chi connectivity index (χ4v) is 5.53. The third-order valence-electron chi connectivity index (χ3n) is 7.94. The van der Waals surface area contributed by atoms with E-state index in [1.807, 2.05) is 25.7 Å². The van der Waals surface area contributed by atoms with Gasteiger partial charge in [0.1, 0.15) is 0 Å². The molecule has 2 atom stereocenters. The van der Waals surface area contributed by atoms with Crippen LogP contribution in [0.3, 0.4) is 0 Å². The van der Waals surface area contributed by atoms with Crippen LogP contribution in [0.2, 0.25) is 0 Å². The number of hydrogen-bond acceptors (Lipinski definition) is 3.